The summed E-state index contributed by atoms with van der Waals surface area (Å²) in [4.78, 5) is 23.8. The SMILES string of the molecule is C=CC(=O)N[C@@H](CC#N)CNc1nc(OC[C@@H]2CCCN2C)nc2cc(-c3cccc4c3C3(CC4)CC3)ccc12. The van der Waals surface area contributed by atoms with Crippen LogP contribution >= 0.6 is 0 Å². The van der Waals surface area contributed by atoms with Crippen molar-refractivity contribution in [2.45, 2.75) is 62.4 Å². The van der Waals surface area contributed by atoms with Crippen LogP contribution < -0.4 is 15.4 Å². The van der Waals surface area contributed by atoms with E-state index in [2.05, 4.69) is 71.6 Å². The van der Waals surface area contributed by atoms with Crippen LogP contribution in [-0.2, 0) is 16.6 Å². The van der Waals surface area contributed by atoms with Crippen molar-refractivity contribution in [2.24, 2.45) is 0 Å². The van der Waals surface area contributed by atoms with Gasteiger partial charge in [0, 0.05) is 18.0 Å². The van der Waals surface area contributed by atoms with E-state index >= 15 is 0 Å². The Hall–Kier alpha value is -3.96. The molecule has 3 aromatic rings. The highest BCUT2D eigenvalue weighted by molar-refractivity contribution is 5.93. The minimum absolute atomic E-state index is 0.165. The third-order valence-electron chi connectivity index (χ3n) is 8.86. The maximum Gasteiger partial charge on any atom is 0.318 e. The van der Waals surface area contributed by atoms with Crippen molar-refractivity contribution >= 4 is 22.6 Å². The molecule has 1 aliphatic heterocycles. The van der Waals surface area contributed by atoms with Crippen LogP contribution in [0.25, 0.3) is 22.0 Å². The van der Waals surface area contributed by atoms with Gasteiger partial charge in [0.1, 0.15) is 12.4 Å². The number of nitrogens with one attached hydrogen (secondary N) is 2. The quantitative estimate of drug-likeness (QED) is 0.361. The number of fused-ring (bicyclic) bond motifs is 3. The second-order valence-electron chi connectivity index (χ2n) is 11.4. The van der Waals surface area contributed by atoms with Crippen molar-refractivity contribution in [3.8, 4) is 23.2 Å². The molecule has 1 saturated carbocycles. The van der Waals surface area contributed by atoms with Crippen LogP contribution in [0, 0.1) is 11.3 Å². The highest BCUT2D eigenvalue weighted by Crippen LogP contribution is 2.59. The molecular formula is C32H36N6O2. The number of aromatic nitrogens is 2. The Bertz CT molecular complexity index is 1490. The first-order valence-electron chi connectivity index (χ1n) is 14.3. The molecule has 6 rings (SSSR count). The first-order valence-corrected chi connectivity index (χ1v) is 14.3. The molecule has 2 aromatic carbocycles. The van der Waals surface area contributed by atoms with Crippen LogP contribution in [0.2, 0.25) is 0 Å². The monoisotopic (exact) mass is 536 g/mol. The lowest BCUT2D eigenvalue weighted by Gasteiger charge is -2.20. The lowest BCUT2D eigenvalue weighted by molar-refractivity contribution is -0.117. The van der Waals surface area contributed by atoms with E-state index in [0.717, 1.165) is 35.9 Å². The summed E-state index contributed by atoms with van der Waals surface area (Å²) in [7, 11) is 2.12. The average molecular weight is 537 g/mol. The van der Waals surface area contributed by atoms with E-state index in [1.807, 2.05) is 0 Å². The van der Waals surface area contributed by atoms with Crippen LogP contribution in [0.1, 0.15) is 49.7 Å². The molecule has 1 spiro atoms. The number of aryl methyl sites for hydroxylation is 1. The van der Waals surface area contributed by atoms with E-state index < -0.39 is 6.04 Å². The van der Waals surface area contributed by atoms with Gasteiger partial charge in [0.15, 0.2) is 0 Å². The van der Waals surface area contributed by atoms with Gasteiger partial charge in [-0.2, -0.15) is 15.2 Å². The molecule has 8 nitrogen and oxygen atoms in total. The topological polar surface area (TPSA) is 103 Å². The maximum atomic E-state index is 11.9. The van der Waals surface area contributed by atoms with E-state index in [-0.39, 0.29) is 12.3 Å². The van der Waals surface area contributed by atoms with E-state index in [9.17, 15) is 10.1 Å². The number of ether oxygens (including phenoxy) is 1. The predicted octanol–water partition coefficient (Wildman–Crippen LogP) is 4.74. The Kier molecular flexibility index (Phi) is 7.16. The van der Waals surface area contributed by atoms with Gasteiger partial charge in [0.05, 0.1) is 24.0 Å². The number of carbonyl (C=O) groups excluding carboxylic acids is 1. The molecule has 1 amide bonds. The minimum Gasteiger partial charge on any atom is -0.462 e. The van der Waals surface area contributed by atoms with Crippen LogP contribution in [-0.4, -0.2) is 59.6 Å². The Morgan fingerprint density at radius 3 is 2.92 bits per heavy atom. The highest BCUT2D eigenvalue weighted by Gasteiger charge is 2.49. The molecule has 0 unspecified atom stereocenters. The molecule has 40 heavy (non-hydrogen) atoms. The molecule has 1 aromatic heterocycles. The summed E-state index contributed by atoms with van der Waals surface area (Å²) in [5.74, 6) is 0.312. The number of likely N-dealkylation sites (N-methyl/N-ethyl adjacent to an activating group) is 1. The van der Waals surface area contributed by atoms with Crippen molar-refractivity contribution in [3.63, 3.8) is 0 Å². The summed E-state index contributed by atoms with van der Waals surface area (Å²) in [6.45, 7) is 5.45. The van der Waals surface area contributed by atoms with Crippen LogP contribution in [0.4, 0.5) is 5.82 Å². The molecular weight excluding hydrogens is 500 g/mol. The highest BCUT2D eigenvalue weighted by atomic mass is 16.5. The normalized spacial score (nSPS) is 19.6. The van der Waals surface area contributed by atoms with E-state index in [1.54, 1.807) is 0 Å². The van der Waals surface area contributed by atoms with Gasteiger partial charge < -0.3 is 20.3 Å². The number of rotatable bonds is 10. The van der Waals surface area contributed by atoms with E-state index in [1.165, 1.54) is 48.4 Å². The van der Waals surface area contributed by atoms with Crippen LogP contribution in [0.3, 0.4) is 0 Å². The first-order chi connectivity index (χ1) is 19.5. The van der Waals surface area contributed by atoms with Crippen molar-refractivity contribution < 1.29 is 9.53 Å². The predicted molar refractivity (Wildman–Crippen MR) is 156 cm³/mol. The standard InChI is InChI=1S/C32H36N6O2/c1-3-28(39)35-23(12-16-33)19-34-30-26-10-9-22(25-8-4-6-21-11-13-32(14-15-32)29(21)25)18-27(26)36-31(37-30)40-20-24-7-5-17-38(24)2/h3-4,6,8-10,18,23-24H,1,5,7,11-15,17,19-20H2,2H3,(H,35,39)(H,34,36,37)/t23-,24-/m0/s1. The molecule has 2 heterocycles. The number of nitrogens with zero attached hydrogens (tertiary/aromatic N) is 4. The molecule has 2 N–H and O–H groups in total. The zero-order valence-electron chi connectivity index (χ0n) is 23.1. The maximum absolute atomic E-state index is 11.9. The number of hydrogen-bond donors (Lipinski definition) is 2. The zero-order chi connectivity index (χ0) is 27.7. The summed E-state index contributed by atoms with van der Waals surface area (Å²) < 4.78 is 6.17. The van der Waals surface area contributed by atoms with Gasteiger partial charge in [0.25, 0.3) is 0 Å². The van der Waals surface area contributed by atoms with Crippen molar-refractivity contribution in [2.75, 3.05) is 32.1 Å². The molecule has 0 radical (unpaired) electrons. The number of likely N-dealkylation sites (tertiary alicyclic amines) is 1. The molecule has 2 aliphatic carbocycles. The second kappa shape index (κ2) is 10.9. The van der Waals surface area contributed by atoms with E-state index in [0.29, 0.717) is 36.4 Å². The summed E-state index contributed by atoms with van der Waals surface area (Å²) >= 11 is 0. The third kappa shape index (κ3) is 5.14. The lowest BCUT2D eigenvalue weighted by Crippen LogP contribution is -2.38. The molecule has 3 aliphatic rings. The minimum atomic E-state index is -0.391. The number of amides is 1. The molecule has 8 heteroatoms. The average Bonchev–Trinajstić information content (AvgIpc) is 3.50. The fraction of sp³-hybridized carbons (Fsp3) is 0.438. The largest absolute Gasteiger partial charge is 0.462 e. The molecule has 2 fully saturated rings. The lowest BCUT2D eigenvalue weighted by atomic mass is 9.89. The second-order valence-corrected chi connectivity index (χ2v) is 11.4. The zero-order valence-corrected chi connectivity index (χ0v) is 23.1. The first kappa shape index (κ1) is 26.3. The summed E-state index contributed by atoms with van der Waals surface area (Å²) in [6.07, 6.45) is 8.61. The Morgan fingerprint density at radius 2 is 2.17 bits per heavy atom. The molecule has 2 atom stereocenters. The molecule has 1 saturated heterocycles. The van der Waals surface area contributed by atoms with Crippen molar-refractivity contribution in [3.05, 3.63) is 60.2 Å². The van der Waals surface area contributed by atoms with Gasteiger partial charge in [-0.05, 0) is 98.0 Å². The Balaban J connectivity index is 1.34. The summed E-state index contributed by atoms with van der Waals surface area (Å²) in [6, 6.07) is 15.5. The number of anilines is 1. The van der Waals surface area contributed by atoms with Gasteiger partial charge in [-0.1, -0.05) is 30.8 Å². The third-order valence-corrected chi connectivity index (χ3v) is 8.86. The number of benzene rings is 2. The van der Waals surface area contributed by atoms with Gasteiger partial charge in [-0.15, -0.1) is 0 Å². The number of nitriles is 1. The molecule has 0 bridgehead atoms. The summed E-state index contributed by atoms with van der Waals surface area (Å²) in [5, 5.41) is 16.3. The van der Waals surface area contributed by atoms with Gasteiger partial charge in [0.2, 0.25) is 5.91 Å². The Morgan fingerprint density at radius 1 is 1.30 bits per heavy atom. The van der Waals surface area contributed by atoms with Gasteiger partial charge in [-0.3, -0.25) is 4.79 Å². The van der Waals surface area contributed by atoms with Gasteiger partial charge >= 0.3 is 6.01 Å². The Labute approximate surface area is 235 Å². The fourth-order valence-corrected chi connectivity index (χ4v) is 6.43. The van der Waals surface area contributed by atoms with Crippen LogP contribution in [0.15, 0.2) is 49.1 Å². The summed E-state index contributed by atoms with van der Waals surface area (Å²) in [5.41, 5.74) is 6.64. The molecule has 206 valence electrons. The van der Waals surface area contributed by atoms with Crippen molar-refractivity contribution in [1.29, 1.82) is 5.26 Å². The number of carbonyl (C=O) groups is 1. The smallest absolute Gasteiger partial charge is 0.318 e. The van der Waals surface area contributed by atoms with E-state index in [4.69, 9.17) is 14.7 Å². The number of hydrogen-bond acceptors (Lipinski definition) is 7. The fourth-order valence-electron chi connectivity index (χ4n) is 6.43. The van der Waals surface area contributed by atoms with Gasteiger partial charge in [-0.25, -0.2) is 0 Å². The van der Waals surface area contributed by atoms with Crippen LogP contribution in [0.5, 0.6) is 6.01 Å². The van der Waals surface area contributed by atoms with Crippen molar-refractivity contribution in [1.82, 2.24) is 20.2 Å².